The highest BCUT2D eigenvalue weighted by atomic mass is 32.2. The minimum Gasteiger partial charge on any atom is -0.338 e. The zero-order valence-corrected chi connectivity index (χ0v) is 18.8. The van der Waals surface area contributed by atoms with Gasteiger partial charge in [0.05, 0.1) is 16.3 Å². The molecule has 1 aliphatic carbocycles. The van der Waals surface area contributed by atoms with Gasteiger partial charge in [-0.15, -0.1) is 0 Å². The lowest BCUT2D eigenvalue weighted by Gasteiger charge is -2.22. The lowest BCUT2D eigenvalue weighted by Crippen LogP contribution is -2.43. The molecule has 8 nitrogen and oxygen atoms in total. The number of anilines is 2. The molecule has 2 aromatic carbocycles. The Hall–Kier alpha value is -3.07. The molecule has 0 atom stereocenters. The maximum absolute atomic E-state index is 12.6. The van der Waals surface area contributed by atoms with Crippen LogP contribution in [0, 0.1) is 0 Å². The van der Waals surface area contributed by atoms with Crippen molar-refractivity contribution in [1.82, 2.24) is 10.6 Å². The van der Waals surface area contributed by atoms with Gasteiger partial charge in [-0.1, -0.05) is 49.6 Å². The molecule has 0 aliphatic heterocycles. The lowest BCUT2D eigenvalue weighted by atomic mass is 9.96. The number of nitrogens with one attached hydrogen (secondary N) is 4. The van der Waals surface area contributed by atoms with Crippen molar-refractivity contribution >= 4 is 33.3 Å². The molecular weight excluding hydrogens is 428 g/mol. The van der Waals surface area contributed by atoms with Crippen LogP contribution in [-0.2, 0) is 14.8 Å². The Morgan fingerprint density at radius 1 is 0.875 bits per heavy atom. The van der Waals surface area contributed by atoms with E-state index in [2.05, 4.69) is 20.7 Å². The molecule has 172 valence electrons. The third-order valence-corrected chi connectivity index (χ3v) is 6.69. The van der Waals surface area contributed by atoms with E-state index in [0.29, 0.717) is 18.7 Å². The van der Waals surface area contributed by atoms with Gasteiger partial charge in [0.15, 0.2) is 0 Å². The molecule has 2 aromatic rings. The van der Waals surface area contributed by atoms with Crippen LogP contribution in [0.2, 0.25) is 0 Å². The summed E-state index contributed by atoms with van der Waals surface area (Å²) in [6, 6.07) is 14.7. The Bertz CT molecular complexity index is 1010. The first-order valence-electron chi connectivity index (χ1n) is 11.0. The van der Waals surface area contributed by atoms with Crippen molar-refractivity contribution in [2.45, 2.75) is 55.9 Å². The van der Waals surface area contributed by atoms with E-state index >= 15 is 0 Å². The minimum absolute atomic E-state index is 0.138. The fourth-order valence-corrected chi connectivity index (χ4v) is 4.73. The SMILES string of the molecule is O=C(CCCNC(=O)NC1CCCCC1)Nc1ccccc1NS(=O)(=O)c1ccccc1. The highest BCUT2D eigenvalue weighted by molar-refractivity contribution is 7.92. The Morgan fingerprint density at radius 3 is 2.25 bits per heavy atom. The molecule has 1 saturated carbocycles. The molecule has 0 spiro atoms. The van der Waals surface area contributed by atoms with Crippen molar-refractivity contribution in [3.63, 3.8) is 0 Å². The first-order valence-corrected chi connectivity index (χ1v) is 12.4. The third kappa shape index (κ3) is 7.26. The van der Waals surface area contributed by atoms with Crippen molar-refractivity contribution < 1.29 is 18.0 Å². The Morgan fingerprint density at radius 2 is 1.53 bits per heavy atom. The normalized spacial score (nSPS) is 14.4. The number of sulfonamides is 1. The van der Waals surface area contributed by atoms with Crippen molar-refractivity contribution in [3.05, 3.63) is 54.6 Å². The van der Waals surface area contributed by atoms with Crippen molar-refractivity contribution in [1.29, 1.82) is 0 Å². The van der Waals surface area contributed by atoms with Gasteiger partial charge in [0.2, 0.25) is 5.91 Å². The molecule has 1 aliphatic rings. The Balaban J connectivity index is 1.45. The summed E-state index contributed by atoms with van der Waals surface area (Å²) >= 11 is 0. The van der Waals surface area contributed by atoms with Gasteiger partial charge in [-0.05, 0) is 43.5 Å². The molecule has 0 aromatic heterocycles. The molecule has 0 unspecified atom stereocenters. The molecular formula is C23H30N4O4S. The number of carbonyl (C=O) groups excluding carboxylic acids is 2. The number of hydrogen-bond acceptors (Lipinski definition) is 4. The highest BCUT2D eigenvalue weighted by Gasteiger charge is 2.17. The Labute approximate surface area is 189 Å². The van der Waals surface area contributed by atoms with Crippen LogP contribution in [0.25, 0.3) is 0 Å². The average molecular weight is 459 g/mol. The van der Waals surface area contributed by atoms with E-state index in [9.17, 15) is 18.0 Å². The molecule has 1 fully saturated rings. The smallest absolute Gasteiger partial charge is 0.315 e. The van der Waals surface area contributed by atoms with Crippen molar-refractivity contribution in [2.75, 3.05) is 16.6 Å². The number of rotatable bonds is 9. The number of urea groups is 1. The lowest BCUT2D eigenvalue weighted by molar-refractivity contribution is -0.116. The molecule has 32 heavy (non-hydrogen) atoms. The molecule has 0 radical (unpaired) electrons. The second kappa shape index (κ2) is 11.5. The van der Waals surface area contributed by atoms with Gasteiger partial charge in [0, 0.05) is 19.0 Å². The van der Waals surface area contributed by atoms with Crippen LogP contribution in [0.3, 0.4) is 0 Å². The maximum Gasteiger partial charge on any atom is 0.315 e. The molecule has 0 heterocycles. The maximum atomic E-state index is 12.6. The number of amides is 3. The summed E-state index contributed by atoms with van der Waals surface area (Å²) in [6.45, 7) is 0.383. The van der Waals surface area contributed by atoms with E-state index in [4.69, 9.17) is 0 Å². The molecule has 0 bridgehead atoms. The Kier molecular flexibility index (Phi) is 8.49. The summed E-state index contributed by atoms with van der Waals surface area (Å²) in [7, 11) is -3.77. The van der Waals surface area contributed by atoms with Gasteiger partial charge in [-0.3, -0.25) is 9.52 Å². The predicted molar refractivity (Wildman–Crippen MR) is 125 cm³/mol. The number of carbonyl (C=O) groups is 2. The van der Waals surface area contributed by atoms with Crippen LogP contribution in [0.1, 0.15) is 44.9 Å². The minimum atomic E-state index is -3.77. The summed E-state index contributed by atoms with van der Waals surface area (Å²) < 4.78 is 27.7. The zero-order valence-electron chi connectivity index (χ0n) is 18.0. The van der Waals surface area contributed by atoms with Gasteiger partial charge < -0.3 is 16.0 Å². The molecule has 3 amide bonds. The monoisotopic (exact) mass is 458 g/mol. The summed E-state index contributed by atoms with van der Waals surface area (Å²) in [5.74, 6) is -0.258. The van der Waals surface area contributed by atoms with Crippen LogP contribution >= 0.6 is 0 Å². The van der Waals surface area contributed by atoms with Gasteiger partial charge in [0.25, 0.3) is 10.0 Å². The van der Waals surface area contributed by atoms with Crippen LogP contribution in [0.4, 0.5) is 16.2 Å². The van der Waals surface area contributed by atoms with Gasteiger partial charge in [-0.25, -0.2) is 13.2 Å². The number of para-hydroxylation sites is 2. The highest BCUT2D eigenvalue weighted by Crippen LogP contribution is 2.24. The molecule has 3 rings (SSSR count). The van der Waals surface area contributed by atoms with Crippen LogP contribution < -0.4 is 20.7 Å². The van der Waals surface area contributed by atoms with E-state index in [1.165, 1.54) is 18.6 Å². The topological polar surface area (TPSA) is 116 Å². The number of benzene rings is 2. The van der Waals surface area contributed by atoms with Crippen LogP contribution in [0.5, 0.6) is 0 Å². The average Bonchev–Trinajstić information content (AvgIpc) is 2.79. The van der Waals surface area contributed by atoms with E-state index < -0.39 is 10.0 Å². The summed E-state index contributed by atoms with van der Waals surface area (Å²) in [4.78, 5) is 24.4. The molecule has 0 saturated heterocycles. The summed E-state index contributed by atoms with van der Waals surface area (Å²) in [6.07, 6.45) is 6.23. The standard InChI is InChI=1S/C23H30N4O4S/c28-22(16-9-17-24-23(29)25-18-10-3-1-4-11-18)26-20-14-7-8-15-21(20)27-32(30,31)19-12-5-2-6-13-19/h2,5-8,12-15,18,27H,1,3-4,9-11,16-17H2,(H,26,28)(H2,24,25,29). The van der Waals surface area contributed by atoms with E-state index in [1.54, 1.807) is 42.5 Å². The van der Waals surface area contributed by atoms with E-state index in [1.807, 2.05) is 0 Å². The molecule has 9 heteroatoms. The summed E-state index contributed by atoms with van der Waals surface area (Å²) in [5, 5.41) is 8.51. The van der Waals surface area contributed by atoms with Crippen molar-refractivity contribution in [3.8, 4) is 0 Å². The first kappa shape index (κ1) is 23.6. The third-order valence-electron chi connectivity index (χ3n) is 5.31. The fraction of sp³-hybridized carbons (Fsp3) is 0.391. The summed E-state index contributed by atoms with van der Waals surface area (Å²) in [5.41, 5.74) is 0.662. The van der Waals surface area contributed by atoms with E-state index in [0.717, 1.165) is 25.7 Å². The van der Waals surface area contributed by atoms with Crippen LogP contribution in [-0.4, -0.2) is 32.9 Å². The quantitative estimate of drug-likeness (QED) is 0.427. The van der Waals surface area contributed by atoms with Crippen molar-refractivity contribution in [2.24, 2.45) is 0 Å². The largest absolute Gasteiger partial charge is 0.338 e. The van der Waals surface area contributed by atoms with Gasteiger partial charge >= 0.3 is 6.03 Å². The second-order valence-electron chi connectivity index (χ2n) is 7.85. The van der Waals surface area contributed by atoms with Crippen LogP contribution in [0.15, 0.2) is 59.5 Å². The predicted octanol–water partition coefficient (Wildman–Crippen LogP) is 3.84. The van der Waals surface area contributed by atoms with Gasteiger partial charge in [-0.2, -0.15) is 0 Å². The van der Waals surface area contributed by atoms with E-state index in [-0.39, 0.29) is 35.0 Å². The second-order valence-corrected chi connectivity index (χ2v) is 9.53. The zero-order chi connectivity index (χ0) is 22.8. The van der Waals surface area contributed by atoms with Gasteiger partial charge in [0.1, 0.15) is 0 Å². The first-order chi connectivity index (χ1) is 15.4. The molecule has 4 N–H and O–H groups in total. The number of hydrogen-bond donors (Lipinski definition) is 4. The fourth-order valence-electron chi connectivity index (χ4n) is 3.63.